The highest BCUT2D eigenvalue weighted by molar-refractivity contribution is 4.66. The number of aromatic nitrogens is 2. The molecule has 1 heterocycles. The van der Waals surface area contributed by atoms with Crippen LogP contribution in [0.25, 0.3) is 0 Å². The molecule has 0 saturated heterocycles. The Bertz CT molecular complexity index is 471. The van der Waals surface area contributed by atoms with Gasteiger partial charge < -0.3 is 12.4 Å². The van der Waals surface area contributed by atoms with E-state index in [0.29, 0.717) is 0 Å². The van der Waals surface area contributed by atoms with E-state index in [4.69, 9.17) is 0 Å². The number of hydrogen-bond acceptors (Lipinski definition) is 0. The summed E-state index contributed by atoms with van der Waals surface area (Å²) >= 11 is 0. The first-order valence-electron chi connectivity index (χ1n) is 14.4. The second-order valence-electron chi connectivity index (χ2n) is 9.96. The summed E-state index contributed by atoms with van der Waals surface area (Å²) in [5, 5.41) is 0. The van der Waals surface area contributed by atoms with Crippen LogP contribution in [-0.2, 0) is 13.1 Å². The van der Waals surface area contributed by atoms with Gasteiger partial charge in [-0.2, -0.15) is 0 Å². The molecule has 0 aliphatic rings. The maximum absolute atomic E-state index is 2.39. The van der Waals surface area contributed by atoms with Crippen molar-refractivity contribution >= 4 is 0 Å². The molecule has 1 aromatic rings. The van der Waals surface area contributed by atoms with Crippen LogP contribution in [0.3, 0.4) is 0 Å². The van der Waals surface area contributed by atoms with Crippen LogP contribution in [0.15, 0.2) is 18.7 Å². The lowest BCUT2D eigenvalue weighted by atomic mass is 10.0. The molecule has 0 unspecified atom stereocenters. The van der Waals surface area contributed by atoms with E-state index in [-0.39, 0.29) is 12.4 Å². The number of halogens is 1. The summed E-state index contributed by atoms with van der Waals surface area (Å²) in [6.45, 7) is 6.98. The quantitative estimate of drug-likeness (QED) is 0.122. The molecule has 1 rings (SSSR count). The van der Waals surface area contributed by atoms with Crippen LogP contribution >= 0.6 is 0 Å². The van der Waals surface area contributed by atoms with Gasteiger partial charge >= 0.3 is 0 Å². The molecule has 0 atom stereocenters. The van der Waals surface area contributed by atoms with Crippen LogP contribution in [0.5, 0.6) is 0 Å². The van der Waals surface area contributed by atoms with E-state index in [1.165, 1.54) is 154 Å². The van der Waals surface area contributed by atoms with Crippen molar-refractivity contribution < 1.29 is 17.0 Å². The topological polar surface area (TPSA) is 8.81 Å². The SMILES string of the molecule is CCCCCCCCCCCCCCCCCCn1cc[n+](CCCCCCCC)c1.[Cl-]. The molecule has 0 aliphatic carbocycles. The van der Waals surface area contributed by atoms with Gasteiger partial charge in [0, 0.05) is 0 Å². The summed E-state index contributed by atoms with van der Waals surface area (Å²) in [6, 6.07) is 0. The lowest BCUT2D eigenvalue weighted by Crippen LogP contribution is -3.00. The van der Waals surface area contributed by atoms with E-state index in [2.05, 4.69) is 41.7 Å². The molecule has 1 aromatic heterocycles. The molecule has 0 N–H and O–H groups in total. The minimum Gasteiger partial charge on any atom is -1.00 e. The third-order valence-electron chi connectivity index (χ3n) is 6.79. The Kier molecular flexibility index (Phi) is 24.7. The first-order valence-corrected chi connectivity index (χ1v) is 14.4. The first-order chi connectivity index (χ1) is 15.4. The Hall–Kier alpha value is -0.500. The van der Waals surface area contributed by atoms with Crippen molar-refractivity contribution in [3.63, 3.8) is 0 Å². The maximum atomic E-state index is 2.39. The highest BCUT2D eigenvalue weighted by atomic mass is 35.5. The third-order valence-corrected chi connectivity index (χ3v) is 6.79. The standard InChI is InChI=1S/C29H57N2.ClH/c1-3-5-7-9-11-12-13-14-15-16-17-18-19-20-22-24-26-31-28-27-30(29-31)25-23-21-10-8-6-4-2;/h27-29H,3-26H2,1-2H3;1H/q+1;/p-1. The molecule has 0 fully saturated rings. The highest BCUT2D eigenvalue weighted by Crippen LogP contribution is 2.14. The van der Waals surface area contributed by atoms with Crippen LogP contribution in [0.1, 0.15) is 155 Å². The van der Waals surface area contributed by atoms with E-state index < -0.39 is 0 Å². The monoisotopic (exact) mass is 468 g/mol. The second kappa shape index (κ2) is 25.1. The molecule has 0 spiro atoms. The minimum atomic E-state index is 0. The Labute approximate surface area is 208 Å². The van der Waals surface area contributed by atoms with Crippen LogP contribution in [0.2, 0.25) is 0 Å². The number of hydrogen-bond donors (Lipinski definition) is 0. The van der Waals surface area contributed by atoms with Crippen molar-refractivity contribution in [3.8, 4) is 0 Å². The fraction of sp³-hybridized carbons (Fsp3) is 0.897. The Morgan fingerprint density at radius 3 is 1.31 bits per heavy atom. The van der Waals surface area contributed by atoms with Crippen LogP contribution in [-0.4, -0.2) is 4.57 Å². The van der Waals surface area contributed by atoms with Gasteiger partial charge in [-0.05, 0) is 25.7 Å². The van der Waals surface area contributed by atoms with Gasteiger partial charge in [0.15, 0.2) is 0 Å². The van der Waals surface area contributed by atoms with Crippen molar-refractivity contribution in [2.75, 3.05) is 0 Å². The average Bonchev–Trinajstić information content (AvgIpc) is 3.23. The van der Waals surface area contributed by atoms with Gasteiger partial charge in [-0.15, -0.1) is 0 Å². The summed E-state index contributed by atoms with van der Waals surface area (Å²) in [5.41, 5.74) is 0. The van der Waals surface area contributed by atoms with Crippen molar-refractivity contribution in [2.45, 2.75) is 168 Å². The molecule has 32 heavy (non-hydrogen) atoms. The zero-order valence-corrected chi connectivity index (χ0v) is 22.7. The minimum absolute atomic E-state index is 0. The van der Waals surface area contributed by atoms with Gasteiger partial charge in [-0.25, -0.2) is 9.13 Å². The Morgan fingerprint density at radius 1 is 0.500 bits per heavy atom. The number of imidazole rings is 1. The Balaban J connectivity index is 0.00000961. The van der Waals surface area contributed by atoms with Crippen molar-refractivity contribution in [1.29, 1.82) is 0 Å². The summed E-state index contributed by atoms with van der Waals surface area (Å²) in [7, 11) is 0. The highest BCUT2D eigenvalue weighted by Gasteiger charge is 2.03. The normalized spacial score (nSPS) is 11.1. The number of nitrogens with zero attached hydrogens (tertiary/aromatic N) is 2. The van der Waals surface area contributed by atoms with Crippen molar-refractivity contribution in [1.82, 2.24) is 4.57 Å². The molecule has 2 nitrogen and oxygen atoms in total. The van der Waals surface area contributed by atoms with E-state index >= 15 is 0 Å². The van der Waals surface area contributed by atoms with Crippen molar-refractivity contribution in [2.24, 2.45) is 0 Å². The number of aryl methyl sites for hydroxylation is 2. The smallest absolute Gasteiger partial charge is 0.243 e. The molecule has 0 radical (unpaired) electrons. The molecule has 0 aliphatic heterocycles. The van der Waals surface area contributed by atoms with E-state index in [0.717, 1.165) is 0 Å². The van der Waals surface area contributed by atoms with Crippen molar-refractivity contribution in [3.05, 3.63) is 18.7 Å². The molecule has 3 heteroatoms. The molecule has 0 saturated carbocycles. The summed E-state index contributed by atoms with van der Waals surface area (Å²) in [6.07, 6.45) is 38.2. The van der Waals surface area contributed by atoms with E-state index in [1.54, 1.807) is 0 Å². The largest absolute Gasteiger partial charge is 1.00 e. The molecule has 0 bridgehead atoms. The summed E-state index contributed by atoms with van der Waals surface area (Å²) < 4.78 is 4.77. The zero-order valence-electron chi connectivity index (χ0n) is 22.0. The molecule has 190 valence electrons. The predicted octanol–water partition coefficient (Wildman–Crippen LogP) is 6.40. The molecular weight excluding hydrogens is 412 g/mol. The zero-order chi connectivity index (χ0) is 22.2. The molecular formula is C29H57ClN2. The lowest BCUT2D eigenvalue weighted by Gasteiger charge is -2.03. The van der Waals surface area contributed by atoms with Gasteiger partial charge in [0.2, 0.25) is 6.33 Å². The van der Waals surface area contributed by atoms with Gasteiger partial charge in [0.1, 0.15) is 12.4 Å². The van der Waals surface area contributed by atoms with Gasteiger partial charge in [0.05, 0.1) is 13.1 Å². The van der Waals surface area contributed by atoms with Gasteiger partial charge in [0.25, 0.3) is 0 Å². The van der Waals surface area contributed by atoms with Crippen LogP contribution in [0.4, 0.5) is 0 Å². The van der Waals surface area contributed by atoms with Crippen LogP contribution in [0, 0.1) is 0 Å². The molecule has 0 aromatic carbocycles. The fourth-order valence-corrected chi connectivity index (χ4v) is 4.62. The van der Waals surface area contributed by atoms with E-state index in [1.807, 2.05) is 0 Å². The van der Waals surface area contributed by atoms with Gasteiger partial charge in [-0.3, -0.25) is 0 Å². The third kappa shape index (κ3) is 20.1. The Morgan fingerprint density at radius 2 is 0.875 bits per heavy atom. The predicted molar refractivity (Wildman–Crippen MR) is 138 cm³/mol. The van der Waals surface area contributed by atoms with Crippen LogP contribution < -0.4 is 17.0 Å². The number of rotatable bonds is 24. The molecule has 0 amide bonds. The maximum Gasteiger partial charge on any atom is 0.243 e. The lowest BCUT2D eigenvalue weighted by molar-refractivity contribution is -0.696. The fourth-order valence-electron chi connectivity index (χ4n) is 4.62. The summed E-state index contributed by atoms with van der Waals surface area (Å²) in [4.78, 5) is 0. The summed E-state index contributed by atoms with van der Waals surface area (Å²) in [5.74, 6) is 0. The number of unbranched alkanes of at least 4 members (excludes halogenated alkanes) is 20. The van der Waals surface area contributed by atoms with Gasteiger partial charge in [-0.1, -0.05) is 129 Å². The first kappa shape index (κ1) is 31.5. The van der Waals surface area contributed by atoms with E-state index in [9.17, 15) is 0 Å². The average molecular weight is 469 g/mol. The second-order valence-corrected chi connectivity index (χ2v) is 9.96.